The minimum atomic E-state index is -0.258. The zero-order valence-electron chi connectivity index (χ0n) is 16.2. The van der Waals surface area contributed by atoms with Crippen LogP contribution >= 0.6 is 11.3 Å². The van der Waals surface area contributed by atoms with Crippen LogP contribution in [0, 0.1) is 12.8 Å². The van der Waals surface area contributed by atoms with Crippen molar-refractivity contribution in [3.8, 4) is 0 Å². The van der Waals surface area contributed by atoms with Crippen LogP contribution in [0.1, 0.15) is 45.6 Å². The van der Waals surface area contributed by atoms with E-state index >= 15 is 0 Å². The molecule has 1 fully saturated rings. The number of hydrogen-bond acceptors (Lipinski definition) is 5. The van der Waals surface area contributed by atoms with Crippen LogP contribution in [0.3, 0.4) is 0 Å². The van der Waals surface area contributed by atoms with Crippen LogP contribution in [0.5, 0.6) is 0 Å². The number of aromatic nitrogens is 1. The van der Waals surface area contributed by atoms with Crippen molar-refractivity contribution >= 4 is 23.2 Å². The minimum absolute atomic E-state index is 0.0125. The lowest BCUT2D eigenvalue weighted by molar-refractivity contribution is -0.126. The molecular formula is C22H23N3O3S. The second kappa shape index (κ2) is 8.61. The molecule has 0 bridgehead atoms. The van der Waals surface area contributed by atoms with Crippen molar-refractivity contribution in [1.82, 2.24) is 15.2 Å². The van der Waals surface area contributed by atoms with Gasteiger partial charge in [0, 0.05) is 30.1 Å². The second-order valence-electron chi connectivity index (χ2n) is 7.21. The number of pyridine rings is 1. The Kier molecular flexibility index (Phi) is 5.76. The molecule has 1 N–H and O–H groups in total. The number of thiophene rings is 1. The third-order valence-electron chi connectivity index (χ3n) is 5.32. The lowest BCUT2D eigenvalue weighted by Crippen LogP contribution is -2.43. The van der Waals surface area contributed by atoms with Gasteiger partial charge in [-0.2, -0.15) is 0 Å². The molecule has 1 aliphatic rings. The summed E-state index contributed by atoms with van der Waals surface area (Å²) >= 11 is 1.61. The molecule has 0 aromatic carbocycles. The Morgan fingerprint density at radius 1 is 1.21 bits per heavy atom. The van der Waals surface area contributed by atoms with Gasteiger partial charge in [-0.15, -0.1) is 11.3 Å². The van der Waals surface area contributed by atoms with Crippen molar-refractivity contribution < 1.29 is 14.0 Å². The normalized spacial score (nSPS) is 15.8. The number of nitrogens with zero attached hydrogens (tertiary/aromatic N) is 2. The molecule has 0 saturated carbocycles. The van der Waals surface area contributed by atoms with Gasteiger partial charge in [-0.1, -0.05) is 12.1 Å². The number of nitrogens with one attached hydrogen (secondary N) is 1. The van der Waals surface area contributed by atoms with E-state index in [1.165, 1.54) is 6.26 Å². The monoisotopic (exact) mass is 409 g/mol. The molecule has 1 aliphatic heterocycles. The molecule has 1 saturated heterocycles. The fourth-order valence-corrected chi connectivity index (χ4v) is 4.47. The molecular weight excluding hydrogens is 386 g/mol. The molecule has 0 radical (unpaired) electrons. The Bertz CT molecular complexity index is 961. The molecule has 7 heteroatoms. The molecule has 4 heterocycles. The molecule has 29 heavy (non-hydrogen) atoms. The summed E-state index contributed by atoms with van der Waals surface area (Å²) < 4.78 is 5.20. The van der Waals surface area contributed by atoms with E-state index in [0.29, 0.717) is 31.7 Å². The number of piperidine rings is 1. The quantitative estimate of drug-likeness (QED) is 0.695. The number of likely N-dealkylation sites (tertiary alicyclic amines) is 1. The van der Waals surface area contributed by atoms with Crippen LogP contribution < -0.4 is 5.32 Å². The number of rotatable bonds is 5. The van der Waals surface area contributed by atoms with Crippen LogP contribution in [0.25, 0.3) is 0 Å². The van der Waals surface area contributed by atoms with Crippen molar-refractivity contribution in [2.24, 2.45) is 5.92 Å². The van der Waals surface area contributed by atoms with Crippen LogP contribution in [0.4, 0.5) is 0 Å². The van der Waals surface area contributed by atoms with Crippen LogP contribution in [-0.2, 0) is 4.79 Å². The first-order chi connectivity index (χ1) is 14.1. The summed E-state index contributed by atoms with van der Waals surface area (Å²) in [5, 5.41) is 5.21. The number of amides is 2. The predicted octanol–water partition coefficient (Wildman–Crippen LogP) is 3.80. The molecule has 1 atom stereocenters. The number of carbonyl (C=O) groups is 2. The van der Waals surface area contributed by atoms with Gasteiger partial charge in [0.25, 0.3) is 5.91 Å². The van der Waals surface area contributed by atoms with Crippen LogP contribution in [0.15, 0.2) is 58.7 Å². The van der Waals surface area contributed by atoms with Gasteiger partial charge in [0.15, 0.2) is 5.76 Å². The summed E-state index contributed by atoms with van der Waals surface area (Å²) in [7, 11) is 0. The maximum absolute atomic E-state index is 13.0. The highest BCUT2D eigenvalue weighted by atomic mass is 32.1. The molecule has 0 aliphatic carbocycles. The van der Waals surface area contributed by atoms with Crippen LogP contribution in [0.2, 0.25) is 0 Å². The average molecular weight is 410 g/mol. The highest BCUT2D eigenvalue weighted by Gasteiger charge is 2.31. The number of carbonyl (C=O) groups excluding carboxylic acids is 2. The highest BCUT2D eigenvalue weighted by molar-refractivity contribution is 7.10. The van der Waals surface area contributed by atoms with Gasteiger partial charge < -0.3 is 14.6 Å². The standard InChI is InChI=1S/C22H23N3O3S/c1-15-5-2-10-23-19(15)20(18-7-4-14-29-18)24-21(26)16-8-11-25(12-9-16)22(27)17-6-3-13-28-17/h2-7,10,13-14,16,20H,8-9,11-12H2,1H3,(H,24,26). The van der Waals surface area contributed by atoms with E-state index in [0.717, 1.165) is 16.1 Å². The first-order valence-electron chi connectivity index (χ1n) is 9.71. The smallest absolute Gasteiger partial charge is 0.289 e. The molecule has 1 unspecified atom stereocenters. The molecule has 3 aromatic rings. The Morgan fingerprint density at radius 2 is 2.03 bits per heavy atom. The van der Waals surface area contributed by atoms with Gasteiger partial charge in [-0.25, -0.2) is 0 Å². The summed E-state index contributed by atoms with van der Waals surface area (Å²) in [6.07, 6.45) is 4.53. The zero-order chi connectivity index (χ0) is 20.2. The van der Waals surface area contributed by atoms with Gasteiger partial charge in [0.05, 0.1) is 12.0 Å². The lowest BCUT2D eigenvalue weighted by atomic mass is 9.94. The van der Waals surface area contributed by atoms with E-state index in [9.17, 15) is 9.59 Å². The Hall–Kier alpha value is -2.93. The van der Waals surface area contributed by atoms with Crippen molar-refractivity contribution in [2.45, 2.75) is 25.8 Å². The summed E-state index contributed by atoms with van der Waals surface area (Å²) in [5.41, 5.74) is 1.92. The van der Waals surface area contributed by atoms with Gasteiger partial charge in [-0.05, 0) is 55.0 Å². The van der Waals surface area contributed by atoms with Crippen molar-refractivity contribution in [3.63, 3.8) is 0 Å². The first kappa shape index (κ1) is 19.4. The Balaban J connectivity index is 1.43. The maximum Gasteiger partial charge on any atom is 0.289 e. The van der Waals surface area contributed by atoms with Gasteiger partial charge in [-0.3, -0.25) is 14.6 Å². The van der Waals surface area contributed by atoms with Crippen molar-refractivity contribution in [1.29, 1.82) is 0 Å². The topological polar surface area (TPSA) is 75.4 Å². The predicted molar refractivity (Wildman–Crippen MR) is 111 cm³/mol. The second-order valence-corrected chi connectivity index (χ2v) is 8.19. The van der Waals surface area contributed by atoms with Crippen molar-refractivity contribution in [3.05, 3.63) is 76.1 Å². The first-order valence-corrected chi connectivity index (χ1v) is 10.6. The van der Waals surface area contributed by atoms with E-state index in [4.69, 9.17) is 4.42 Å². The summed E-state index contributed by atoms with van der Waals surface area (Å²) in [6.45, 7) is 3.10. The molecule has 0 spiro atoms. The van der Waals surface area contributed by atoms with E-state index in [1.807, 2.05) is 36.6 Å². The molecule has 3 aromatic heterocycles. The number of furan rings is 1. The molecule has 4 rings (SSSR count). The molecule has 150 valence electrons. The van der Waals surface area contributed by atoms with Crippen LogP contribution in [-0.4, -0.2) is 34.8 Å². The fourth-order valence-electron chi connectivity index (χ4n) is 3.69. The summed E-state index contributed by atoms with van der Waals surface area (Å²) in [4.78, 5) is 32.8. The van der Waals surface area contributed by atoms with E-state index in [2.05, 4.69) is 10.3 Å². The van der Waals surface area contributed by atoms with Gasteiger partial charge in [0.2, 0.25) is 5.91 Å². The number of aryl methyl sites for hydroxylation is 1. The lowest BCUT2D eigenvalue weighted by Gasteiger charge is -2.31. The Labute approximate surface area is 173 Å². The average Bonchev–Trinajstić information content (AvgIpc) is 3.46. The minimum Gasteiger partial charge on any atom is -0.459 e. The fraction of sp³-hybridized carbons (Fsp3) is 0.318. The van der Waals surface area contributed by atoms with E-state index < -0.39 is 0 Å². The van der Waals surface area contributed by atoms with Gasteiger partial charge >= 0.3 is 0 Å². The largest absolute Gasteiger partial charge is 0.459 e. The summed E-state index contributed by atoms with van der Waals surface area (Å²) in [5.74, 6) is 0.117. The van der Waals surface area contributed by atoms with E-state index in [-0.39, 0.29) is 23.8 Å². The third kappa shape index (κ3) is 4.24. The Morgan fingerprint density at radius 3 is 2.69 bits per heavy atom. The molecule has 6 nitrogen and oxygen atoms in total. The third-order valence-corrected chi connectivity index (χ3v) is 6.26. The summed E-state index contributed by atoms with van der Waals surface area (Å²) in [6, 6.07) is 11.0. The van der Waals surface area contributed by atoms with Crippen molar-refractivity contribution in [2.75, 3.05) is 13.1 Å². The number of hydrogen-bond donors (Lipinski definition) is 1. The highest BCUT2D eigenvalue weighted by Crippen LogP contribution is 2.28. The van der Waals surface area contributed by atoms with Gasteiger partial charge in [0.1, 0.15) is 6.04 Å². The molecule has 2 amide bonds. The van der Waals surface area contributed by atoms with E-state index in [1.54, 1.807) is 34.6 Å². The zero-order valence-corrected chi connectivity index (χ0v) is 17.0. The maximum atomic E-state index is 13.0. The SMILES string of the molecule is Cc1cccnc1C(NC(=O)C1CCN(C(=O)c2ccco2)CC1)c1cccs1.